The van der Waals surface area contributed by atoms with Crippen LogP contribution < -0.4 is 0 Å². The Morgan fingerprint density at radius 1 is 1.23 bits per heavy atom. The Morgan fingerprint density at radius 2 is 2.05 bits per heavy atom. The van der Waals surface area contributed by atoms with Crippen molar-refractivity contribution in [1.82, 2.24) is 14.8 Å². The highest BCUT2D eigenvalue weighted by molar-refractivity contribution is 5.78. The largest absolute Gasteiger partial charge is 0.445 e. The average Bonchev–Trinajstić information content (AvgIpc) is 2.88. The molecule has 1 amide bonds. The van der Waals surface area contributed by atoms with Gasteiger partial charge in [-0.25, -0.2) is 4.98 Å². The van der Waals surface area contributed by atoms with E-state index in [4.69, 9.17) is 9.15 Å². The highest BCUT2D eigenvalue weighted by Gasteiger charge is 2.30. The zero-order valence-corrected chi connectivity index (χ0v) is 12.9. The Morgan fingerprint density at radius 3 is 2.77 bits per heavy atom. The van der Waals surface area contributed by atoms with Crippen molar-refractivity contribution in [2.75, 3.05) is 39.4 Å². The number of aromatic nitrogens is 1. The summed E-state index contributed by atoms with van der Waals surface area (Å²) in [6.45, 7) is 4.99. The van der Waals surface area contributed by atoms with Crippen molar-refractivity contribution in [2.24, 2.45) is 0 Å². The van der Waals surface area contributed by atoms with Gasteiger partial charge in [0, 0.05) is 32.0 Å². The molecule has 1 saturated carbocycles. The van der Waals surface area contributed by atoms with Gasteiger partial charge in [0.25, 0.3) is 0 Å². The van der Waals surface area contributed by atoms with Crippen LogP contribution >= 0.6 is 0 Å². The minimum Gasteiger partial charge on any atom is -0.445 e. The summed E-state index contributed by atoms with van der Waals surface area (Å²) < 4.78 is 11.2. The van der Waals surface area contributed by atoms with Crippen LogP contribution in [-0.4, -0.2) is 60.1 Å². The van der Waals surface area contributed by atoms with Crippen LogP contribution in [0.3, 0.4) is 0 Å². The number of hydrogen-bond donors (Lipinski definition) is 0. The van der Waals surface area contributed by atoms with Gasteiger partial charge < -0.3 is 14.1 Å². The number of carbonyl (C=O) groups is 1. The van der Waals surface area contributed by atoms with E-state index in [9.17, 15) is 4.79 Å². The van der Waals surface area contributed by atoms with E-state index in [1.165, 1.54) is 19.3 Å². The second-order valence-corrected chi connectivity index (χ2v) is 6.50. The summed E-state index contributed by atoms with van der Waals surface area (Å²) in [5.74, 6) is 2.61. The van der Waals surface area contributed by atoms with Crippen LogP contribution in [0.25, 0.3) is 0 Å². The number of morpholine rings is 1. The fraction of sp³-hybridized carbons (Fsp3) is 0.750. The molecule has 1 saturated heterocycles. The highest BCUT2D eigenvalue weighted by Crippen LogP contribution is 2.37. The summed E-state index contributed by atoms with van der Waals surface area (Å²) in [5, 5.41) is 0. The van der Waals surface area contributed by atoms with Gasteiger partial charge in [0.15, 0.2) is 5.89 Å². The predicted molar refractivity (Wildman–Crippen MR) is 79.5 cm³/mol. The van der Waals surface area contributed by atoms with Crippen molar-refractivity contribution in [3.8, 4) is 0 Å². The van der Waals surface area contributed by atoms with Crippen LogP contribution in [0.5, 0.6) is 0 Å². The molecule has 4 rings (SSSR count). The molecule has 120 valence electrons. The first kappa shape index (κ1) is 14.2. The molecule has 1 aromatic rings. The number of carbonyl (C=O) groups excluding carboxylic acids is 1. The monoisotopic (exact) mass is 305 g/mol. The molecule has 0 N–H and O–H groups in total. The zero-order valence-electron chi connectivity index (χ0n) is 12.9. The molecule has 0 aromatic carbocycles. The minimum absolute atomic E-state index is 0.195. The second-order valence-electron chi connectivity index (χ2n) is 6.50. The maximum atomic E-state index is 12.5. The molecule has 0 bridgehead atoms. The quantitative estimate of drug-likeness (QED) is 0.839. The lowest BCUT2D eigenvalue weighted by molar-refractivity contribution is -0.134. The fourth-order valence-corrected chi connectivity index (χ4v) is 3.31. The van der Waals surface area contributed by atoms with Gasteiger partial charge in [0.2, 0.25) is 5.91 Å². The number of nitrogens with zero attached hydrogens (tertiary/aromatic N) is 3. The van der Waals surface area contributed by atoms with Gasteiger partial charge in [-0.15, -0.1) is 0 Å². The van der Waals surface area contributed by atoms with Crippen LogP contribution in [0.1, 0.15) is 42.5 Å². The van der Waals surface area contributed by atoms with E-state index in [0.717, 1.165) is 56.6 Å². The van der Waals surface area contributed by atoms with Crippen LogP contribution in [0.4, 0.5) is 0 Å². The number of ether oxygens (including phenoxy) is 1. The second kappa shape index (κ2) is 6.01. The molecule has 3 aliphatic rings. The molecule has 6 nitrogen and oxygen atoms in total. The average molecular weight is 305 g/mol. The molecular formula is C16H23N3O3. The number of amides is 1. The maximum Gasteiger partial charge on any atom is 0.237 e. The fourth-order valence-electron chi connectivity index (χ4n) is 3.31. The van der Waals surface area contributed by atoms with Crippen molar-refractivity contribution in [1.29, 1.82) is 0 Å². The number of rotatable bonds is 3. The van der Waals surface area contributed by atoms with E-state index in [-0.39, 0.29) is 5.91 Å². The zero-order chi connectivity index (χ0) is 14.9. The summed E-state index contributed by atoms with van der Waals surface area (Å²) >= 11 is 0. The molecule has 2 aliphatic heterocycles. The Balaban J connectivity index is 1.38. The third-order valence-corrected chi connectivity index (χ3v) is 5.01. The molecule has 0 atom stereocenters. The topological polar surface area (TPSA) is 58.8 Å². The first-order valence-corrected chi connectivity index (χ1v) is 8.36. The smallest absolute Gasteiger partial charge is 0.237 e. The van der Waals surface area contributed by atoms with Crippen molar-refractivity contribution in [2.45, 2.75) is 38.1 Å². The maximum absolute atomic E-state index is 12.5. The van der Waals surface area contributed by atoms with E-state index in [0.29, 0.717) is 19.0 Å². The van der Waals surface area contributed by atoms with E-state index in [2.05, 4.69) is 9.88 Å². The highest BCUT2D eigenvalue weighted by atomic mass is 16.5. The molecule has 3 heterocycles. The van der Waals surface area contributed by atoms with E-state index in [1.54, 1.807) is 0 Å². The lowest BCUT2D eigenvalue weighted by atomic mass is 9.85. The van der Waals surface area contributed by atoms with Gasteiger partial charge in [0.1, 0.15) is 11.5 Å². The minimum atomic E-state index is 0.195. The molecule has 0 radical (unpaired) electrons. The Hall–Kier alpha value is -1.40. The molecule has 1 aromatic heterocycles. The van der Waals surface area contributed by atoms with Gasteiger partial charge in [-0.3, -0.25) is 9.69 Å². The first-order chi connectivity index (χ1) is 10.8. The summed E-state index contributed by atoms with van der Waals surface area (Å²) in [6.07, 6.45) is 4.46. The summed E-state index contributed by atoms with van der Waals surface area (Å²) in [7, 11) is 0. The van der Waals surface area contributed by atoms with Crippen molar-refractivity contribution < 1.29 is 13.9 Å². The van der Waals surface area contributed by atoms with Gasteiger partial charge >= 0.3 is 0 Å². The normalized spacial score (nSPS) is 23.2. The van der Waals surface area contributed by atoms with Crippen LogP contribution in [0, 0.1) is 0 Å². The Labute approximate surface area is 130 Å². The van der Waals surface area contributed by atoms with Crippen LogP contribution in [0.2, 0.25) is 0 Å². The SMILES string of the molecule is O=C(CN1CCOCC1)N1CCc2oc(C3CCC3)nc2C1. The van der Waals surface area contributed by atoms with Crippen molar-refractivity contribution in [3.63, 3.8) is 0 Å². The first-order valence-electron chi connectivity index (χ1n) is 8.36. The lowest BCUT2D eigenvalue weighted by Gasteiger charge is -2.30. The van der Waals surface area contributed by atoms with Gasteiger partial charge in [-0.1, -0.05) is 6.42 Å². The molecule has 0 spiro atoms. The number of fused-ring (bicyclic) bond motifs is 1. The predicted octanol–water partition coefficient (Wildman–Crippen LogP) is 1.16. The molecule has 2 fully saturated rings. The molecule has 0 unspecified atom stereocenters. The van der Waals surface area contributed by atoms with E-state index in [1.807, 2.05) is 4.90 Å². The third-order valence-electron chi connectivity index (χ3n) is 5.01. The standard InChI is InChI=1S/C16H23N3O3/c20-15(11-18-6-8-21-9-7-18)19-5-4-14-13(10-19)17-16(22-14)12-2-1-3-12/h12H,1-11H2. The third kappa shape index (κ3) is 2.77. The lowest BCUT2D eigenvalue weighted by Crippen LogP contribution is -2.46. The molecule has 22 heavy (non-hydrogen) atoms. The van der Waals surface area contributed by atoms with Gasteiger partial charge in [-0.05, 0) is 12.8 Å². The molecule has 1 aliphatic carbocycles. The van der Waals surface area contributed by atoms with Crippen molar-refractivity contribution in [3.05, 3.63) is 17.3 Å². The number of oxazole rings is 1. The van der Waals surface area contributed by atoms with Crippen molar-refractivity contribution >= 4 is 5.91 Å². The summed E-state index contributed by atoms with van der Waals surface area (Å²) in [4.78, 5) is 21.2. The van der Waals surface area contributed by atoms with Gasteiger partial charge in [-0.2, -0.15) is 0 Å². The Bertz CT molecular complexity index is 547. The Kier molecular flexibility index (Phi) is 3.88. The summed E-state index contributed by atoms with van der Waals surface area (Å²) in [5.41, 5.74) is 0.975. The number of hydrogen-bond acceptors (Lipinski definition) is 5. The van der Waals surface area contributed by atoms with E-state index >= 15 is 0 Å². The summed E-state index contributed by atoms with van der Waals surface area (Å²) in [6, 6.07) is 0. The molecule has 6 heteroatoms. The van der Waals surface area contributed by atoms with Crippen LogP contribution in [0.15, 0.2) is 4.42 Å². The van der Waals surface area contributed by atoms with E-state index < -0.39 is 0 Å². The molecular weight excluding hydrogens is 282 g/mol. The van der Waals surface area contributed by atoms with Crippen LogP contribution in [-0.2, 0) is 22.5 Å². The van der Waals surface area contributed by atoms with Gasteiger partial charge in [0.05, 0.1) is 26.3 Å².